The number of nitrogens with one attached hydrogen (secondary N) is 1. The molecule has 0 spiro atoms. The van der Waals surface area contributed by atoms with Gasteiger partial charge in [-0.25, -0.2) is 0 Å². The highest BCUT2D eigenvalue weighted by atomic mass is 16.1. The van der Waals surface area contributed by atoms with Gasteiger partial charge < -0.3 is 10.7 Å². The van der Waals surface area contributed by atoms with Crippen LogP contribution in [0.3, 0.4) is 0 Å². The lowest BCUT2D eigenvalue weighted by Crippen LogP contribution is -2.10. The normalized spacial score (nSPS) is 10.6. The molecule has 0 unspecified atom stereocenters. The van der Waals surface area contributed by atoms with Crippen molar-refractivity contribution >= 4 is 5.91 Å². The second kappa shape index (κ2) is 5.90. The van der Waals surface area contributed by atoms with Gasteiger partial charge in [0.15, 0.2) is 0 Å². The van der Waals surface area contributed by atoms with Crippen molar-refractivity contribution in [3.8, 4) is 11.3 Å². The third-order valence-electron chi connectivity index (χ3n) is 3.83. The quantitative estimate of drug-likeness (QED) is 0.756. The first kappa shape index (κ1) is 14.1. The number of aromatic amines is 1. The van der Waals surface area contributed by atoms with E-state index in [1.54, 1.807) is 0 Å². The molecule has 0 atom stereocenters. The molecular formula is C19H18N2O. The third-order valence-corrected chi connectivity index (χ3v) is 3.83. The molecule has 0 aliphatic rings. The van der Waals surface area contributed by atoms with Gasteiger partial charge in [0, 0.05) is 17.0 Å². The largest absolute Gasteiger partial charge is 0.366 e. The van der Waals surface area contributed by atoms with Crippen LogP contribution in [0.2, 0.25) is 0 Å². The summed E-state index contributed by atoms with van der Waals surface area (Å²) in [4.78, 5) is 14.7. The number of hydrogen-bond acceptors (Lipinski definition) is 1. The highest BCUT2D eigenvalue weighted by molar-refractivity contribution is 5.95. The summed E-state index contributed by atoms with van der Waals surface area (Å²) in [5.74, 6) is -0.402. The highest BCUT2D eigenvalue weighted by Gasteiger charge is 2.13. The van der Waals surface area contributed by atoms with Crippen LogP contribution in [0.25, 0.3) is 11.3 Å². The lowest BCUT2D eigenvalue weighted by molar-refractivity contribution is 0.1000. The molecule has 3 nitrogen and oxygen atoms in total. The summed E-state index contributed by atoms with van der Waals surface area (Å²) in [6.45, 7) is 1.86. The Morgan fingerprint density at radius 2 is 1.73 bits per heavy atom. The maximum absolute atomic E-state index is 11.4. The zero-order chi connectivity index (χ0) is 15.5. The summed E-state index contributed by atoms with van der Waals surface area (Å²) in [6.07, 6.45) is 0.848. The molecule has 3 heteroatoms. The van der Waals surface area contributed by atoms with Crippen molar-refractivity contribution in [2.75, 3.05) is 0 Å². The fourth-order valence-corrected chi connectivity index (χ4v) is 2.71. The maximum atomic E-state index is 11.4. The maximum Gasteiger partial charge on any atom is 0.250 e. The van der Waals surface area contributed by atoms with E-state index < -0.39 is 5.91 Å². The van der Waals surface area contributed by atoms with Crippen LogP contribution >= 0.6 is 0 Å². The Morgan fingerprint density at radius 3 is 2.41 bits per heavy atom. The number of amides is 1. The molecule has 3 rings (SSSR count). The number of hydrogen-bond donors (Lipinski definition) is 2. The Labute approximate surface area is 129 Å². The fourth-order valence-electron chi connectivity index (χ4n) is 2.71. The van der Waals surface area contributed by atoms with E-state index in [0.717, 1.165) is 23.4 Å². The highest BCUT2D eigenvalue weighted by Crippen LogP contribution is 2.26. The Hall–Kier alpha value is -2.81. The van der Waals surface area contributed by atoms with Gasteiger partial charge in [-0.3, -0.25) is 4.79 Å². The van der Waals surface area contributed by atoms with E-state index in [9.17, 15) is 4.79 Å². The summed E-state index contributed by atoms with van der Waals surface area (Å²) in [6, 6.07) is 20.4. The lowest BCUT2D eigenvalue weighted by atomic mass is 9.98. The lowest BCUT2D eigenvalue weighted by Gasteiger charge is -2.08. The number of rotatable bonds is 4. The first-order valence-corrected chi connectivity index (χ1v) is 7.27. The number of aryl methyl sites for hydroxylation is 1. The molecule has 0 saturated heterocycles. The Balaban J connectivity index is 2.01. The SMILES string of the molecule is Cc1[nH]c(-c2ccccc2Cc2ccccc2)cc1C(N)=O. The van der Waals surface area contributed by atoms with Crippen LogP contribution in [0.4, 0.5) is 0 Å². The van der Waals surface area contributed by atoms with Gasteiger partial charge in [-0.1, -0.05) is 54.6 Å². The number of carbonyl (C=O) groups excluding carboxylic acids is 1. The zero-order valence-electron chi connectivity index (χ0n) is 12.5. The summed E-state index contributed by atoms with van der Waals surface area (Å²) in [7, 11) is 0. The van der Waals surface area contributed by atoms with Crippen LogP contribution < -0.4 is 5.73 Å². The molecule has 110 valence electrons. The molecule has 0 saturated carbocycles. The van der Waals surface area contributed by atoms with E-state index in [2.05, 4.69) is 29.2 Å². The predicted molar refractivity (Wildman–Crippen MR) is 88.7 cm³/mol. The number of benzene rings is 2. The van der Waals surface area contributed by atoms with Gasteiger partial charge in [-0.05, 0) is 30.5 Å². The smallest absolute Gasteiger partial charge is 0.250 e. The van der Waals surface area contributed by atoms with Crippen LogP contribution in [-0.2, 0) is 6.42 Å². The average Bonchev–Trinajstić information content (AvgIpc) is 2.91. The zero-order valence-corrected chi connectivity index (χ0v) is 12.5. The minimum Gasteiger partial charge on any atom is -0.366 e. The van der Waals surface area contributed by atoms with Gasteiger partial charge in [0.05, 0.1) is 5.56 Å². The van der Waals surface area contributed by atoms with Crippen molar-refractivity contribution in [1.82, 2.24) is 4.98 Å². The van der Waals surface area contributed by atoms with Crippen molar-refractivity contribution in [3.63, 3.8) is 0 Å². The van der Waals surface area contributed by atoms with Gasteiger partial charge >= 0.3 is 0 Å². The molecule has 1 heterocycles. The number of aromatic nitrogens is 1. The number of nitrogens with two attached hydrogens (primary N) is 1. The monoisotopic (exact) mass is 290 g/mol. The molecule has 2 aromatic carbocycles. The summed E-state index contributed by atoms with van der Waals surface area (Å²) in [5, 5.41) is 0. The Bertz CT molecular complexity index is 803. The number of primary amides is 1. The minimum atomic E-state index is -0.402. The summed E-state index contributed by atoms with van der Waals surface area (Å²) in [5.41, 5.74) is 11.3. The fraction of sp³-hybridized carbons (Fsp3) is 0.105. The van der Waals surface area contributed by atoms with Gasteiger partial charge in [0.2, 0.25) is 0 Å². The minimum absolute atomic E-state index is 0.402. The van der Waals surface area contributed by atoms with Crippen molar-refractivity contribution in [3.05, 3.63) is 83.0 Å². The van der Waals surface area contributed by atoms with E-state index >= 15 is 0 Å². The average molecular weight is 290 g/mol. The van der Waals surface area contributed by atoms with Crippen LogP contribution in [0.1, 0.15) is 27.2 Å². The number of H-pyrrole nitrogens is 1. The molecule has 3 N–H and O–H groups in total. The molecule has 3 aromatic rings. The summed E-state index contributed by atoms with van der Waals surface area (Å²) >= 11 is 0. The first-order chi connectivity index (χ1) is 10.6. The van der Waals surface area contributed by atoms with E-state index in [1.165, 1.54) is 11.1 Å². The second-order valence-corrected chi connectivity index (χ2v) is 5.41. The molecule has 22 heavy (non-hydrogen) atoms. The molecule has 0 aliphatic heterocycles. The second-order valence-electron chi connectivity index (χ2n) is 5.41. The van der Waals surface area contributed by atoms with Gasteiger partial charge in [-0.15, -0.1) is 0 Å². The van der Waals surface area contributed by atoms with Crippen molar-refractivity contribution in [2.24, 2.45) is 5.73 Å². The molecule has 0 bridgehead atoms. The van der Waals surface area contributed by atoms with Crippen LogP contribution in [0.15, 0.2) is 60.7 Å². The molecule has 1 amide bonds. The van der Waals surface area contributed by atoms with Gasteiger partial charge in [0.25, 0.3) is 5.91 Å². The first-order valence-electron chi connectivity index (χ1n) is 7.27. The summed E-state index contributed by atoms with van der Waals surface area (Å²) < 4.78 is 0. The molecule has 0 radical (unpaired) electrons. The van der Waals surface area contributed by atoms with Crippen LogP contribution in [-0.4, -0.2) is 10.9 Å². The topological polar surface area (TPSA) is 58.9 Å². The van der Waals surface area contributed by atoms with E-state index in [4.69, 9.17) is 5.73 Å². The molecule has 0 aliphatic carbocycles. The van der Waals surface area contributed by atoms with E-state index in [-0.39, 0.29) is 0 Å². The Morgan fingerprint density at radius 1 is 1.05 bits per heavy atom. The van der Waals surface area contributed by atoms with Crippen LogP contribution in [0, 0.1) is 6.92 Å². The molecule has 0 fully saturated rings. The van der Waals surface area contributed by atoms with Crippen LogP contribution in [0.5, 0.6) is 0 Å². The van der Waals surface area contributed by atoms with E-state index in [0.29, 0.717) is 5.56 Å². The Kier molecular flexibility index (Phi) is 3.79. The van der Waals surface area contributed by atoms with Gasteiger partial charge in [-0.2, -0.15) is 0 Å². The predicted octanol–water partition coefficient (Wildman–Crippen LogP) is 3.68. The standard InChI is InChI=1S/C19H18N2O/c1-13-17(19(20)22)12-18(21-13)16-10-6-5-9-15(16)11-14-7-3-2-4-8-14/h2-10,12,21H,11H2,1H3,(H2,20,22). The van der Waals surface area contributed by atoms with Crippen molar-refractivity contribution < 1.29 is 4.79 Å². The van der Waals surface area contributed by atoms with Crippen molar-refractivity contribution in [2.45, 2.75) is 13.3 Å². The van der Waals surface area contributed by atoms with Crippen molar-refractivity contribution in [1.29, 1.82) is 0 Å². The third kappa shape index (κ3) is 2.79. The van der Waals surface area contributed by atoms with E-state index in [1.807, 2.05) is 43.3 Å². The molecule has 1 aromatic heterocycles. The number of carbonyl (C=O) groups is 1. The van der Waals surface area contributed by atoms with Gasteiger partial charge in [0.1, 0.15) is 0 Å². The molecular weight excluding hydrogens is 272 g/mol.